The first-order valence-corrected chi connectivity index (χ1v) is 7.08. The molecule has 0 saturated heterocycles. The third-order valence-corrected chi connectivity index (χ3v) is 3.79. The van der Waals surface area contributed by atoms with E-state index in [1.165, 1.54) is 10.8 Å². The lowest BCUT2D eigenvalue weighted by atomic mass is 10.3. The molecule has 4 heteroatoms. The summed E-state index contributed by atoms with van der Waals surface area (Å²) in [4.78, 5) is 0. The van der Waals surface area contributed by atoms with E-state index in [1.807, 2.05) is 19.9 Å². The molecular formula is C9H13ClOS2. The SMILES string of the molecule is CC=C=CS(=O)SC/C(C)=C\CCl. The third-order valence-electron chi connectivity index (χ3n) is 1.16. The minimum Gasteiger partial charge on any atom is -0.243 e. The van der Waals surface area contributed by atoms with Crippen LogP contribution in [0.5, 0.6) is 0 Å². The van der Waals surface area contributed by atoms with Crippen molar-refractivity contribution in [3.8, 4) is 0 Å². The molecule has 0 radical (unpaired) electrons. The standard InChI is InChI=1S/C9H13ClOS2/c1-3-4-7-13(11)12-8-9(2)5-6-10/h3,5,7H,6,8H2,1-2H3/b9-5-. The van der Waals surface area contributed by atoms with Gasteiger partial charge in [0, 0.05) is 11.6 Å². The number of allylic oxidation sites excluding steroid dienone is 2. The van der Waals surface area contributed by atoms with Crippen LogP contribution in [-0.4, -0.2) is 15.8 Å². The van der Waals surface area contributed by atoms with Gasteiger partial charge in [-0.3, -0.25) is 0 Å². The number of hydrogen-bond acceptors (Lipinski definition) is 2. The molecule has 0 spiro atoms. The Balaban J connectivity index is 3.83. The van der Waals surface area contributed by atoms with Crippen LogP contribution < -0.4 is 0 Å². The fraction of sp³-hybridized carbons (Fsp3) is 0.444. The van der Waals surface area contributed by atoms with E-state index in [9.17, 15) is 4.21 Å². The highest BCUT2D eigenvalue weighted by atomic mass is 35.5. The van der Waals surface area contributed by atoms with Gasteiger partial charge < -0.3 is 0 Å². The highest BCUT2D eigenvalue weighted by Crippen LogP contribution is 2.13. The number of rotatable bonds is 5. The summed E-state index contributed by atoms with van der Waals surface area (Å²) in [6.07, 6.45) is 3.66. The average molecular weight is 237 g/mol. The summed E-state index contributed by atoms with van der Waals surface area (Å²) in [6.45, 7) is 3.82. The first-order chi connectivity index (χ1) is 6.20. The average Bonchev–Trinajstić information content (AvgIpc) is 2.12. The van der Waals surface area contributed by atoms with Crippen molar-refractivity contribution in [2.45, 2.75) is 13.8 Å². The number of alkyl halides is 1. The Bertz CT molecular complexity index is 252. The van der Waals surface area contributed by atoms with Crippen LogP contribution in [0, 0.1) is 0 Å². The number of halogens is 1. The van der Waals surface area contributed by atoms with Crippen LogP contribution in [0.1, 0.15) is 13.8 Å². The zero-order chi connectivity index (χ0) is 10.1. The Morgan fingerprint density at radius 1 is 1.69 bits per heavy atom. The maximum Gasteiger partial charge on any atom is 0.113 e. The van der Waals surface area contributed by atoms with Crippen LogP contribution in [0.3, 0.4) is 0 Å². The lowest BCUT2D eigenvalue weighted by Gasteiger charge is -1.96. The topological polar surface area (TPSA) is 17.1 Å². The van der Waals surface area contributed by atoms with E-state index in [0.29, 0.717) is 5.88 Å². The van der Waals surface area contributed by atoms with Crippen molar-refractivity contribution in [3.63, 3.8) is 0 Å². The summed E-state index contributed by atoms with van der Waals surface area (Å²) >= 11 is 5.51. The molecule has 0 aromatic heterocycles. The summed E-state index contributed by atoms with van der Waals surface area (Å²) in [5.74, 6) is 1.27. The van der Waals surface area contributed by atoms with E-state index < -0.39 is 9.83 Å². The van der Waals surface area contributed by atoms with Gasteiger partial charge in [0.2, 0.25) is 0 Å². The largest absolute Gasteiger partial charge is 0.243 e. The van der Waals surface area contributed by atoms with Gasteiger partial charge in [0.15, 0.2) is 0 Å². The monoisotopic (exact) mass is 236 g/mol. The molecular weight excluding hydrogens is 224 g/mol. The second kappa shape index (κ2) is 8.64. The predicted molar refractivity (Wildman–Crippen MR) is 63.4 cm³/mol. The normalized spacial score (nSPS) is 13.3. The van der Waals surface area contributed by atoms with Crippen molar-refractivity contribution >= 4 is 32.2 Å². The Kier molecular flexibility index (Phi) is 8.67. The van der Waals surface area contributed by atoms with E-state index >= 15 is 0 Å². The minimum absolute atomic E-state index is 0.518. The summed E-state index contributed by atoms with van der Waals surface area (Å²) in [6, 6.07) is 0. The molecule has 0 fully saturated rings. The highest BCUT2D eigenvalue weighted by Gasteiger charge is 1.95. The Hall–Kier alpha value is 0.0500. The second-order valence-corrected chi connectivity index (χ2v) is 5.58. The van der Waals surface area contributed by atoms with Gasteiger partial charge in [0.1, 0.15) is 9.83 Å². The maximum absolute atomic E-state index is 11.2. The summed E-state index contributed by atoms with van der Waals surface area (Å²) in [5, 5.41) is 1.55. The van der Waals surface area contributed by atoms with Crippen molar-refractivity contribution < 1.29 is 4.21 Å². The van der Waals surface area contributed by atoms with Gasteiger partial charge in [-0.1, -0.05) is 22.4 Å². The number of hydrogen-bond donors (Lipinski definition) is 0. The predicted octanol–water partition coefficient (Wildman–Crippen LogP) is 3.26. The van der Waals surface area contributed by atoms with Gasteiger partial charge >= 0.3 is 0 Å². The zero-order valence-corrected chi connectivity index (χ0v) is 10.1. The Labute approximate surface area is 90.8 Å². The van der Waals surface area contributed by atoms with Crippen LogP contribution in [-0.2, 0) is 9.83 Å². The molecule has 13 heavy (non-hydrogen) atoms. The summed E-state index contributed by atoms with van der Waals surface area (Å²) < 4.78 is 11.2. The molecule has 0 bridgehead atoms. The van der Waals surface area contributed by atoms with E-state index in [-0.39, 0.29) is 0 Å². The Morgan fingerprint density at radius 3 is 2.92 bits per heavy atom. The van der Waals surface area contributed by atoms with E-state index in [4.69, 9.17) is 11.6 Å². The fourth-order valence-corrected chi connectivity index (χ4v) is 2.77. The molecule has 0 aliphatic heterocycles. The molecule has 0 aliphatic carbocycles. The fourth-order valence-electron chi connectivity index (χ4n) is 0.499. The van der Waals surface area contributed by atoms with Crippen LogP contribution in [0.4, 0.5) is 0 Å². The molecule has 0 heterocycles. The lowest BCUT2D eigenvalue weighted by Crippen LogP contribution is -1.84. The molecule has 1 unspecified atom stereocenters. The van der Waals surface area contributed by atoms with E-state index in [0.717, 1.165) is 11.3 Å². The molecule has 1 atom stereocenters. The molecule has 0 amide bonds. The van der Waals surface area contributed by atoms with E-state index in [2.05, 4.69) is 5.73 Å². The lowest BCUT2D eigenvalue weighted by molar-refractivity contribution is 0.696. The molecule has 1 nitrogen and oxygen atoms in total. The van der Waals surface area contributed by atoms with Crippen LogP contribution in [0.2, 0.25) is 0 Å². The molecule has 0 aromatic carbocycles. The maximum atomic E-state index is 11.2. The van der Waals surface area contributed by atoms with E-state index in [1.54, 1.807) is 11.5 Å². The van der Waals surface area contributed by atoms with Gasteiger partial charge in [-0.15, -0.1) is 17.3 Å². The molecule has 0 aliphatic rings. The molecule has 0 N–H and O–H groups in total. The van der Waals surface area contributed by atoms with Crippen LogP contribution >= 0.6 is 22.4 Å². The second-order valence-electron chi connectivity index (χ2n) is 2.30. The van der Waals surface area contributed by atoms with Gasteiger partial charge in [-0.05, 0) is 19.9 Å². The molecule has 0 aromatic rings. The molecule has 74 valence electrons. The first-order valence-electron chi connectivity index (χ1n) is 3.83. The molecule has 0 saturated carbocycles. The molecule has 0 rings (SSSR count). The van der Waals surface area contributed by atoms with Crippen LogP contribution in [0.15, 0.2) is 28.9 Å². The Morgan fingerprint density at radius 2 is 2.38 bits per heavy atom. The third kappa shape index (κ3) is 8.38. The van der Waals surface area contributed by atoms with Gasteiger partial charge in [-0.25, -0.2) is 4.21 Å². The smallest absolute Gasteiger partial charge is 0.113 e. The van der Waals surface area contributed by atoms with Crippen molar-refractivity contribution in [2.24, 2.45) is 0 Å². The van der Waals surface area contributed by atoms with Crippen LogP contribution in [0.25, 0.3) is 0 Å². The quantitative estimate of drug-likeness (QED) is 0.316. The van der Waals surface area contributed by atoms with Crippen molar-refractivity contribution in [1.82, 2.24) is 0 Å². The van der Waals surface area contributed by atoms with Gasteiger partial charge in [-0.2, -0.15) is 0 Å². The van der Waals surface area contributed by atoms with Gasteiger partial charge in [0.05, 0.1) is 5.41 Å². The zero-order valence-electron chi connectivity index (χ0n) is 7.75. The summed E-state index contributed by atoms with van der Waals surface area (Å²) in [7, 11) is 0.393. The highest BCUT2D eigenvalue weighted by molar-refractivity contribution is 8.70. The van der Waals surface area contributed by atoms with Crippen molar-refractivity contribution in [1.29, 1.82) is 0 Å². The van der Waals surface area contributed by atoms with Gasteiger partial charge in [0.25, 0.3) is 0 Å². The van der Waals surface area contributed by atoms with Crippen molar-refractivity contribution in [3.05, 3.63) is 28.9 Å². The first kappa shape index (κ1) is 13.1. The minimum atomic E-state index is -0.979. The van der Waals surface area contributed by atoms with Crippen molar-refractivity contribution in [2.75, 3.05) is 11.6 Å². The summed E-state index contributed by atoms with van der Waals surface area (Å²) in [5.41, 5.74) is 3.94.